The normalized spacial score (nSPS) is 16.6. The van der Waals surface area contributed by atoms with Crippen LogP contribution in [0.15, 0.2) is 40.5 Å². The third-order valence-electron chi connectivity index (χ3n) is 5.66. The van der Waals surface area contributed by atoms with E-state index < -0.39 is 0 Å². The molecule has 0 spiro atoms. The smallest absolute Gasteiger partial charge is 0.270 e. The number of aromatic nitrogens is 2. The molecule has 3 heterocycles. The lowest BCUT2D eigenvalue weighted by atomic mass is 9.97. The molecule has 1 fully saturated rings. The van der Waals surface area contributed by atoms with Crippen molar-refractivity contribution in [3.05, 3.63) is 46.1 Å². The highest BCUT2D eigenvalue weighted by Gasteiger charge is 2.27. The Labute approximate surface area is 191 Å². The summed E-state index contributed by atoms with van der Waals surface area (Å²) in [5, 5.41) is 5.02. The number of carbonyl (C=O) groups is 1. The van der Waals surface area contributed by atoms with Crippen LogP contribution in [0.2, 0.25) is 0 Å². The zero-order chi connectivity index (χ0) is 22.5. The van der Waals surface area contributed by atoms with Gasteiger partial charge < -0.3 is 15.0 Å². The van der Waals surface area contributed by atoms with Crippen molar-refractivity contribution in [2.24, 2.45) is 5.92 Å². The topological polar surface area (TPSA) is 87.3 Å². The van der Waals surface area contributed by atoms with E-state index in [0.717, 1.165) is 42.5 Å². The fourth-order valence-electron chi connectivity index (χ4n) is 4.02. The average Bonchev–Trinajstić information content (AvgIpc) is 3.24. The second kappa shape index (κ2) is 10.3. The standard InChI is InChI=1S/C24H30N4O3S/c1-16(2)31-13-7-11-25-22(29)18-10-6-12-28(14-18)24-26-20-19(17-8-4-3-5-9-17)15-32-21(20)23(30)27-24/h3-5,8-9,15-16,18H,6-7,10-14H2,1-2H3,(H,25,29)(H,26,27,30). The Morgan fingerprint density at radius 2 is 2.16 bits per heavy atom. The lowest BCUT2D eigenvalue weighted by Gasteiger charge is -2.32. The molecule has 170 valence electrons. The summed E-state index contributed by atoms with van der Waals surface area (Å²) in [6.45, 7) is 6.58. The Morgan fingerprint density at radius 3 is 2.94 bits per heavy atom. The maximum absolute atomic E-state index is 12.8. The number of aromatic amines is 1. The van der Waals surface area contributed by atoms with Gasteiger partial charge in [0.05, 0.1) is 17.5 Å². The number of hydrogen-bond donors (Lipinski definition) is 2. The summed E-state index contributed by atoms with van der Waals surface area (Å²) in [6.07, 6.45) is 2.72. The number of anilines is 1. The number of thiophene rings is 1. The maximum atomic E-state index is 12.8. The minimum absolute atomic E-state index is 0.0585. The zero-order valence-electron chi connectivity index (χ0n) is 18.6. The lowest BCUT2D eigenvalue weighted by molar-refractivity contribution is -0.125. The van der Waals surface area contributed by atoms with Crippen molar-refractivity contribution in [2.45, 2.75) is 39.2 Å². The van der Waals surface area contributed by atoms with E-state index in [0.29, 0.717) is 30.3 Å². The van der Waals surface area contributed by atoms with Gasteiger partial charge in [0.15, 0.2) is 0 Å². The fourth-order valence-corrected chi connectivity index (χ4v) is 4.93. The van der Waals surface area contributed by atoms with Gasteiger partial charge in [0.25, 0.3) is 5.56 Å². The number of H-pyrrole nitrogens is 1. The van der Waals surface area contributed by atoms with E-state index >= 15 is 0 Å². The largest absolute Gasteiger partial charge is 0.379 e. The van der Waals surface area contributed by atoms with Crippen LogP contribution in [0.1, 0.15) is 33.1 Å². The van der Waals surface area contributed by atoms with Crippen molar-refractivity contribution in [1.82, 2.24) is 15.3 Å². The van der Waals surface area contributed by atoms with E-state index in [1.807, 2.05) is 54.5 Å². The van der Waals surface area contributed by atoms with Crippen LogP contribution in [0.4, 0.5) is 5.95 Å². The SMILES string of the molecule is CC(C)OCCCNC(=O)C1CCCN(c2nc3c(-c4ccccc4)csc3c(=O)[nH]2)C1. The van der Waals surface area contributed by atoms with E-state index in [9.17, 15) is 9.59 Å². The predicted molar refractivity (Wildman–Crippen MR) is 129 cm³/mol. The van der Waals surface area contributed by atoms with Crippen molar-refractivity contribution in [2.75, 3.05) is 31.1 Å². The van der Waals surface area contributed by atoms with E-state index in [4.69, 9.17) is 9.72 Å². The van der Waals surface area contributed by atoms with Gasteiger partial charge in [0.1, 0.15) is 4.70 Å². The number of fused-ring (bicyclic) bond motifs is 1. The number of carbonyl (C=O) groups excluding carboxylic acids is 1. The maximum Gasteiger partial charge on any atom is 0.270 e. The van der Waals surface area contributed by atoms with Crippen molar-refractivity contribution in [3.63, 3.8) is 0 Å². The molecule has 1 atom stereocenters. The number of nitrogens with zero attached hydrogens (tertiary/aromatic N) is 2. The van der Waals surface area contributed by atoms with Crippen LogP contribution in [-0.4, -0.2) is 48.2 Å². The summed E-state index contributed by atoms with van der Waals surface area (Å²) < 4.78 is 6.15. The summed E-state index contributed by atoms with van der Waals surface area (Å²) >= 11 is 1.41. The van der Waals surface area contributed by atoms with Crippen molar-refractivity contribution >= 4 is 33.4 Å². The molecule has 7 nitrogen and oxygen atoms in total. The molecular weight excluding hydrogens is 424 g/mol. The second-order valence-corrected chi connectivity index (χ2v) is 9.31. The Bertz CT molecular complexity index is 1110. The van der Waals surface area contributed by atoms with Gasteiger partial charge in [-0.25, -0.2) is 4.98 Å². The summed E-state index contributed by atoms with van der Waals surface area (Å²) in [6, 6.07) is 9.99. The van der Waals surface area contributed by atoms with Crippen LogP contribution in [-0.2, 0) is 9.53 Å². The molecule has 1 aliphatic heterocycles. The van der Waals surface area contributed by atoms with Gasteiger partial charge >= 0.3 is 0 Å². The number of piperidine rings is 1. The molecule has 3 aromatic rings. The molecule has 0 radical (unpaired) electrons. The van der Waals surface area contributed by atoms with Gasteiger partial charge in [-0.3, -0.25) is 14.6 Å². The minimum Gasteiger partial charge on any atom is -0.379 e. The van der Waals surface area contributed by atoms with Crippen molar-refractivity contribution < 1.29 is 9.53 Å². The van der Waals surface area contributed by atoms with Gasteiger partial charge in [-0.1, -0.05) is 30.3 Å². The first-order valence-corrected chi connectivity index (χ1v) is 12.1. The van der Waals surface area contributed by atoms with Crippen LogP contribution < -0.4 is 15.8 Å². The quantitative estimate of drug-likeness (QED) is 0.506. The molecule has 2 aromatic heterocycles. The summed E-state index contributed by atoms with van der Waals surface area (Å²) in [5.74, 6) is 0.482. The van der Waals surface area contributed by atoms with E-state index in [-0.39, 0.29) is 23.5 Å². The molecule has 0 aliphatic carbocycles. The molecule has 0 saturated carbocycles. The molecule has 1 amide bonds. The number of ether oxygens (including phenoxy) is 1. The molecule has 1 saturated heterocycles. The highest BCUT2D eigenvalue weighted by atomic mass is 32.1. The molecule has 32 heavy (non-hydrogen) atoms. The van der Waals surface area contributed by atoms with Crippen molar-refractivity contribution in [3.8, 4) is 11.1 Å². The molecule has 1 aromatic carbocycles. The number of amides is 1. The van der Waals surface area contributed by atoms with Crippen molar-refractivity contribution in [1.29, 1.82) is 0 Å². The van der Waals surface area contributed by atoms with Gasteiger partial charge in [0, 0.05) is 37.2 Å². The number of benzene rings is 1. The molecule has 8 heteroatoms. The number of rotatable bonds is 8. The first-order chi connectivity index (χ1) is 15.5. The monoisotopic (exact) mass is 454 g/mol. The Balaban J connectivity index is 1.47. The first-order valence-electron chi connectivity index (χ1n) is 11.2. The lowest BCUT2D eigenvalue weighted by Crippen LogP contribution is -2.44. The Morgan fingerprint density at radius 1 is 1.34 bits per heavy atom. The molecular formula is C24H30N4O3S. The van der Waals surface area contributed by atoms with E-state index in [1.54, 1.807) is 0 Å². The number of hydrogen-bond acceptors (Lipinski definition) is 6. The third-order valence-corrected chi connectivity index (χ3v) is 6.63. The first kappa shape index (κ1) is 22.5. The Kier molecular flexibility index (Phi) is 7.22. The van der Waals surface area contributed by atoms with Crippen LogP contribution in [0.3, 0.4) is 0 Å². The van der Waals surface area contributed by atoms with Crippen LogP contribution >= 0.6 is 11.3 Å². The average molecular weight is 455 g/mol. The van der Waals surface area contributed by atoms with Gasteiger partial charge in [-0.15, -0.1) is 11.3 Å². The highest BCUT2D eigenvalue weighted by molar-refractivity contribution is 7.17. The fraction of sp³-hybridized carbons (Fsp3) is 0.458. The molecule has 4 rings (SSSR count). The van der Waals surface area contributed by atoms with E-state index in [2.05, 4.69) is 10.3 Å². The molecule has 0 bridgehead atoms. The summed E-state index contributed by atoms with van der Waals surface area (Å²) in [4.78, 5) is 35.2. The van der Waals surface area contributed by atoms with Gasteiger partial charge in [0.2, 0.25) is 11.9 Å². The highest BCUT2D eigenvalue weighted by Crippen LogP contribution is 2.32. The summed E-state index contributed by atoms with van der Waals surface area (Å²) in [5.41, 5.74) is 2.60. The zero-order valence-corrected chi connectivity index (χ0v) is 19.4. The second-order valence-electron chi connectivity index (χ2n) is 8.43. The van der Waals surface area contributed by atoms with Crippen LogP contribution in [0, 0.1) is 5.92 Å². The van der Waals surface area contributed by atoms with E-state index in [1.165, 1.54) is 11.3 Å². The van der Waals surface area contributed by atoms with Gasteiger partial charge in [-0.2, -0.15) is 0 Å². The van der Waals surface area contributed by atoms with Crippen LogP contribution in [0.5, 0.6) is 0 Å². The van der Waals surface area contributed by atoms with Crippen LogP contribution in [0.25, 0.3) is 21.3 Å². The number of nitrogens with one attached hydrogen (secondary N) is 2. The predicted octanol–water partition coefficient (Wildman–Crippen LogP) is 3.80. The third kappa shape index (κ3) is 5.19. The molecule has 1 unspecified atom stereocenters. The van der Waals surface area contributed by atoms with Gasteiger partial charge in [-0.05, 0) is 38.7 Å². The molecule has 1 aliphatic rings. The minimum atomic E-state index is -0.131. The molecule has 2 N–H and O–H groups in total. The summed E-state index contributed by atoms with van der Waals surface area (Å²) in [7, 11) is 0. The Hall–Kier alpha value is -2.71.